The number of nitrogens with zero attached hydrogens (tertiary/aromatic N) is 4. The molecule has 186 valence electrons. The van der Waals surface area contributed by atoms with Crippen LogP contribution < -0.4 is 4.74 Å². The van der Waals surface area contributed by atoms with E-state index in [1.165, 1.54) is 33.9 Å². The molecule has 1 atom stereocenters. The number of carboxylic acids is 1. The average Bonchev–Trinajstić information content (AvgIpc) is 3.22. The highest BCUT2D eigenvalue weighted by Gasteiger charge is 2.34. The number of aromatic nitrogens is 3. The molecule has 0 radical (unpaired) electrons. The zero-order chi connectivity index (χ0) is 25.3. The van der Waals surface area contributed by atoms with Crippen molar-refractivity contribution in [2.24, 2.45) is 0 Å². The second kappa shape index (κ2) is 10.1. The van der Waals surface area contributed by atoms with Gasteiger partial charge in [-0.05, 0) is 64.9 Å². The Hall–Kier alpha value is -2.76. The molecular weight excluding hydrogens is 536 g/mol. The maximum atomic E-state index is 13.5. The summed E-state index contributed by atoms with van der Waals surface area (Å²) in [5, 5.41) is 13.3. The number of carboxylic acid groups (broad SMARTS) is 1. The highest BCUT2D eigenvalue weighted by molar-refractivity contribution is 9.10. The minimum Gasteiger partial charge on any atom is -0.480 e. The van der Waals surface area contributed by atoms with Crippen LogP contribution in [0.4, 0.5) is 0 Å². The second-order valence-corrected chi connectivity index (χ2v) is 11.7. The van der Waals surface area contributed by atoms with Crippen molar-refractivity contribution < 1.29 is 23.1 Å². The maximum absolute atomic E-state index is 13.5. The minimum absolute atomic E-state index is 0.0273. The van der Waals surface area contributed by atoms with Crippen molar-refractivity contribution in [3.63, 3.8) is 0 Å². The molecule has 2 aromatic heterocycles. The van der Waals surface area contributed by atoms with E-state index in [1.54, 1.807) is 6.20 Å². The first-order valence-corrected chi connectivity index (χ1v) is 13.5. The lowest BCUT2D eigenvalue weighted by Gasteiger charge is -2.30. The molecule has 1 N–H and O–H groups in total. The van der Waals surface area contributed by atoms with Gasteiger partial charge >= 0.3 is 5.97 Å². The van der Waals surface area contributed by atoms with Crippen molar-refractivity contribution in [2.45, 2.75) is 56.5 Å². The fourth-order valence-electron chi connectivity index (χ4n) is 4.23. The molecule has 11 heteroatoms. The maximum Gasteiger partial charge on any atom is 0.325 e. The SMILES string of the molecule is CC(C)c1ccc(Oc2ncc(S(=O)(=O)N(C)[C@@H]3CCCc4c3cnn4CC(=O)O)cc2Br)cc1. The van der Waals surface area contributed by atoms with Gasteiger partial charge in [0.05, 0.1) is 22.9 Å². The molecule has 0 amide bonds. The van der Waals surface area contributed by atoms with Crippen molar-refractivity contribution in [3.05, 3.63) is 64.0 Å². The smallest absolute Gasteiger partial charge is 0.325 e. The van der Waals surface area contributed by atoms with Crippen molar-refractivity contribution >= 4 is 31.9 Å². The summed E-state index contributed by atoms with van der Waals surface area (Å²) in [4.78, 5) is 15.4. The van der Waals surface area contributed by atoms with Gasteiger partial charge in [-0.1, -0.05) is 26.0 Å². The number of hydrogen-bond donors (Lipinski definition) is 1. The van der Waals surface area contributed by atoms with Crippen LogP contribution in [0.2, 0.25) is 0 Å². The van der Waals surface area contributed by atoms with Crippen LogP contribution in [0.15, 0.2) is 52.1 Å². The molecule has 2 heterocycles. The van der Waals surface area contributed by atoms with Crippen LogP contribution in [-0.4, -0.2) is 45.6 Å². The second-order valence-electron chi connectivity index (χ2n) is 8.81. The zero-order valence-corrected chi connectivity index (χ0v) is 22.1. The van der Waals surface area contributed by atoms with E-state index in [9.17, 15) is 13.2 Å². The summed E-state index contributed by atoms with van der Waals surface area (Å²) in [6, 6.07) is 8.71. The molecular formula is C24H27BrN4O5S. The van der Waals surface area contributed by atoms with Crippen LogP contribution >= 0.6 is 15.9 Å². The quantitative estimate of drug-likeness (QED) is 0.421. The van der Waals surface area contributed by atoms with Gasteiger partial charge in [0.25, 0.3) is 0 Å². The Morgan fingerprint density at radius 1 is 1.29 bits per heavy atom. The lowest BCUT2D eigenvalue weighted by atomic mass is 9.93. The first-order valence-electron chi connectivity index (χ1n) is 11.3. The van der Waals surface area contributed by atoms with Gasteiger partial charge < -0.3 is 9.84 Å². The number of rotatable bonds is 8. The van der Waals surface area contributed by atoms with E-state index in [0.717, 1.165) is 17.7 Å². The average molecular weight is 563 g/mol. The number of halogens is 1. The minimum atomic E-state index is -3.89. The van der Waals surface area contributed by atoms with E-state index >= 15 is 0 Å². The van der Waals surface area contributed by atoms with Crippen molar-refractivity contribution in [1.82, 2.24) is 19.1 Å². The van der Waals surface area contributed by atoms with Crippen LogP contribution in [-0.2, 0) is 27.8 Å². The fraction of sp³-hybridized carbons (Fsp3) is 0.375. The van der Waals surface area contributed by atoms with Crippen LogP contribution in [0, 0.1) is 0 Å². The molecule has 35 heavy (non-hydrogen) atoms. The third-order valence-corrected chi connectivity index (χ3v) is 8.58. The summed E-state index contributed by atoms with van der Waals surface area (Å²) >= 11 is 3.39. The lowest BCUT2D eigenvalue weighted by molar-refractivity contribution is -0.137. The Balaban J connectivity index is 1.56. The number of ether oxygens (including phenoxy) is 1. The monoisotopic (exact) mass is 562 g/mol. The highest BCUT2D eigenvalue weighted by Crippen LogP contribution is 2.37. The van der Waals surface area contributed by atoms with E-state index in [2.05, 4.69) is 39.9 Å². The van der Waals surface area contributed by atoms with E-state index in [1.807, 2.05) is 24.3 Å². The van der Waals surface area contributed by atoms with Gasteiger partial charge in [0.15, 0.2) is 0 Å². The first kappa shape index (κ1) is 25.3. The van der Waals surface area contributed by atoms with Gasteiger partial charge in [-0.2, -0.15) is 9.40 Å². The molecule has 0 spiro atoms. The molecule has 1 aromatic carbocycles. The van der Waals surface area contributed by atoms with E-state index in [4.69, 9.17) is 9.84 Å². The normalized spacial score (nSPS) is 15.9. The van der Waals surface area contributed by atoms with Gasteiger partial charge in [-0.25, -0.2) is 13.4 Å². The summed E-state index contributed by atoms with van der Waals surface area (Å²) in [7, 11) is -2.36. The summed E-state index contributed by atoms with van der Waals surface area (Å²) < 4.78 is 35.9. The van der Waals surface area contributed by atoms with Gasteiger partial charge in [0.2, 0.25) is 15.9 Å². The Bertz CT molecular complexity index is 1340. The molecule has 0 saturated carbocycles. The predicted molar refractivity (Wildman–Crippen MR) is 133 cm³/mol. The largest absolute Gasteiger partial charge is 0.480 e. The Labute approximate surface area is 212 Å². The molecule has 3 aromatic rings. The topological polar surface area (TPSA) is 115 Å². The number of aliphatic carboxylic acids is 1. The molecule has 0 bridgehead atoms. The van der Waals surface area contributed by atoms with E-state index in [0.29, 0.717) is 29.0 Å². The predicted octanol–water partition coefficient (Wildman–Crippen LogP) is 4.74. The molecule has 0 saturated heterocycles. The zero-order valence-electron chi connectivity index (χ0n) is 19.7. The van der Waals surface area contributed by atoms with Crippen molar-refractivity contribution in [2.75, 3.05) is 7.05 Å². The van der Waals surface area contributed by atoms with Crippen LogP contribution in [0.1, 0.15) is 55.5 Å². The molecule has 4 rings (SSSR count). The molecule has 1 aliphatic carbocycles. The highest BCUT2D eigenvalue weighted by atomic mass is 79.9. The van der Waals surface area contributed by atoms with Crippen LogP contribution in [0.25, 0.3) is 0 Å². The molecule has 0 unspecified atom stereocenters. The number of pyridine rings is 1. The van der Waals surface area contributed by atoms with Gasteiger partial charge in [-0.3, -0.25) is 9.48 Å². The van der Waals surface area contributed by atoms with Gasteiger partial charge in [0, 0.05) is 18.3 Å². The number of sulfonamides is 1. The molecule has 9 nitrogen and oxygen atoms in total. The molecule has 0 aliphatic heterocycles. The van der Waals surface area contributed by atoms with Gasteiger partial charge in [0.1, 0.15) is 17.2 Å². The summed E-state index contributed by atoms with van der Waals surface area (Å²) in [6.45, 7) is 3.97. The number of hydrogen-bond acceptors (Lipinski definition) is 6. The molecule has 0 fully saturated rings. The van der Waals surface area contributed by atoms with Crippen molar-refractivity contribution in [3.8, 4) is 11.6 Å². The summed E-state index contributed by atoms with van der Waals surface area (Å²) in [6.07, 6.45) is 4.86. The van der Waals surface area contributed by atoms with E-state index < -0.39 is 22.0 Å². The lowest BCUT2D eigenvalue weighted by Crippen LogP contribution is -2.33. The van der Waals surface area contributed by atoms with Gasteiger partial charge in [-0.15, -0.1) is 0 Å². The van der Waals surface area contributed by atoms with Crippen molar-refractivity contribution in [1.29, 1.82) is 0 Å². The number of fused-ring (bicyclic) bond motifs is 1. The Morgan fingerprint density at radius 3 is 2.63 bits per heavy atom. The third kappa shape index (κ3) is 5.26. The van der Waals surface area contributed by atoms with E-state index in [-0.39, 0.29) is 17.3 Å². The number of carbonyl (C=O) groups is 1. The number of benzene rings is 1. The Kier molecular flexibility index (Phi) is 7.30. The van der Waals surface area contributed by atoms with Crippen LogP contribution in [0.3, 0.4) is 0 Å². The van der Waals surface area contributed by atoms with Crippen LogP contribution in [0.5, 0.6) is 11.6 Å². The summed E-state index contributed by atoms with van der Waals surface area (Å²) in [5.41, 5.74) is 2.69. The first-order chi connectivity index (χ1) is 16.6. The summed E-state index contributed by atoms with van der Waals surface area (Å²) in [5.74, 6) is 0.275. The third-order valence-electron chi connectivity index (χ3n) is 6.18. The molecule has 1 aliphatic rings. The fourth-order valence-corrected chi connectivity index (χ4v) is 6.15. The standard InChI is InChI=1S/C24H27BrN4O5S/c1-15(2)16-7-9-17(10-8-16)34-24-20(25)11-18(12-26-24)35(32,33)28(3)21-5-4-6-22-19(21)13-27-29(22)14-23(30)31/h7-13,15,21H,4-6,14H2,1-3H3,(H,30,31)/t21-/m1/s1. The Morgan fingerprint density at radius 2 is 2.00 bits per heavy atom.